The first-order valence-corrected chi connectivity index (χ1v) is 9.43. The molecule has 1 aliphatic heterocycles. The van der Waals surface area contributed by atoms with E-state index in [2.05, 4.69) is 15.2 Å². The number of amides is 1. The van der Waals surface area contributed by atoms with Crippen molar-refractivity contribution in [2.75, 3.05) is 36.4 Å². The van der Waals surface area contributed by atoms with E-state index in [1.54, 1.807) is 18.3 Å². The fraction of sp³-hybridized carbons (Fsp3) is 0.294. The predicted octanol–water partition coefficient (Wildman–Crippen LogP) is 1.55. The zero-order valence-electron chi connectivity index (χ0n) is 13.9. The van der Waals surface area contributed by atoms with Crippen LogP contribution in [0, 0.1) is 0 Å². The van der Waals surface area contributed by atoms with E-state index >= 15 is 0 Å². The number of anilines is 2. The summed E-state index contributed by atoms with van der Waals surface area (Å²) in [6.45, 7) is 3.53. The topological polar surface area (TPSA) is 82.6 Å². The highest BCUT2D eigenvalue weighted by Gasteiger charge is 2.28. The Balaban J connectivity index is 1.65. The number of sulfonamides is 1. The summed E-state index contributed by atoms with van der Waals surface area (Å²) in [5, 5.41) is 2.73. The van der Waals surface area contributed by atoms with Crippen LogP contribution in [-0.4, -0.2) is 49.8 Å². The third-order valence-corrected chi connectivity index (χ3v) is 5.95. The molecule has 2 aromatic rings. The first kappa shape index (κ1) is 17.4. The Bertz CT molecular complexity index is 830. The molecule has 2 heterocycles. The van der Waals surface area contributed by atoms with E-state index in [1.807, 2.05) is 24.3 Å². The van der Waals surface area contributed by atoms with Crippen LogP contribution >= 0.6 is 0 Å². The Hall–Kier alpha value is -2.45. The molecule has 1 N–H and O–H groups in total. The van der Waals surface area contributed by atoms with Crippen LogP contribution < -0.4 is 10.2 Å². The molecule has 0 bridgehead atoms. The summed E-state index contributed by atoms with van der Waals surface area (Å²) in [6, 6.07) is 10.7. The molecule has 1 fully saturated rings. The van der Waals surface area contributed by atoms with Gasteiger partial charge in [-0.3, -0.25) is 9.78 Å². The van der Waals surface area contributed by atoms with Crippen LogP contribution in [0.5, 0.6) is 0 Å². The molecule has 0 spiro atoms. The maximum Gasteiger partial charge on any atom is 0.244 e. The van der Waals surface area contributed by atoms with Gasteiger partial charge in [0.05, 0.1) is 0 Å². The third kappa shape index (κ3) is 3.97. The number of rotatable bonds is 4. The van der Waals surface area contributed by atoms with Crippen LogP contribution in [0.1, 0.15) is 6.92 Å². The van der Waals surface area contributed by atoms with Gasteiger partial charge in [0.1, 0.15) is 4.90 Å². The molecule has 8 heteroatoms. The Morgan fingerprint density at radius 2 is 1.76 bits per heavy atom. The minimum Gasteiger partial charge on any atom is -0.369 e. The number of carbonyl (C=O) groups is 1. The summed E-state index contributed by atoms with van der Waals surface area (Å²) < 4.78 is 26.7. The molecule has 25 heavy (non-hydrogen) atoms. The highest BCUT2D eigenvalue weighted by Crippen LogP contribution is 2.22. The summed E-state index contributed by atoms with van der Waals surface area (Å²) in [5.41, 5.74) is 1.75. The maximum absolute atomic E-state index is 12.6. The van der Waals surface area contributed by atoms with Crippen LogP contribution in [0.25, 0.3) is 0 Å². The fourth-order valence-corrected chi connectivity index (χ4v) is 4.18. The van der Waals surface area contributed by atoms with Crippen molar-refractivity contribution in [3.05, 3.63) is 48.8 Å². The van der Waals surface area contributed by atoms with Crippen LogP contribution in [0.4, 0.5) is 11.4 Å². The molecule has 1 amide bonds. The summed E-state index contributed by atoms with van der Waals surface area (Å²) in [5.74, 6) is -0.109. The quantitative estimate of drug-likeness (QED) is 0.894. The van der Waals surface area contributed by atoms with Crippen molar-refractivity contribution in [3.63, 3.8) is 0 Å². The van der Waals surface area contributed by atoms with Crippen molar-refractivity contribution in [1.29, 1.82) is 0 Å². The lowest BCUT2D eigenvalue weighted by atomic mass is 10.2. The van der Waals surface area contributed by atoms with Crippen molar-refractivity contribution in [2.45, 2.75) is 11.8 Å². The van der Waals surface area contributed by atoms with E-state index in [1.165, 1.54) is 17.4 Å². The molecule has 0 saturated carbocycles. The smallest absolute Gasteiger partial charge is 0.244 e. The van der Waals surface area contributed by atoms with Crippen molar-refractivity contribution < 1.29 is 13.2 Å². The first-order valence-electron chi connectivity index (χ1n) is 7.99. The number of carbonyl (C=O) groups excluding carboxylic acids is 1. The second-order valence-electron chi connectivity index (χ2n) is 5.81. The van der Waals surface area contributed by atoms with Gasteiger partial charge in [0.25, 0.3) is 0 Å². The van der Waals surface area contributed by atoms with Gasteiger partial charge in [0, 0.05) is 56.9 Å². The Labute approximate surface area is 147 Å². The van der Waals surface area contributed by atoms with Gasteiger partial charge in [-0.25, -0.2) is 8.42 Å². The number of nitrogens with zero attached hydrogens (tertiary/aromatic N) is 3. The highest BCUT2D eigenvalue weighted by atomic mass is 32.2. The lowest BCUT2D eigenvalue weighted by Gasteiger charge is -2.35. The van der Waals surface area contributed by atoms with Gasteiger partial charge >= 0.3 is 0 Å². The van der Waals surface area contributed by atoms with Gasteiger partial charge in [0.2, 0.25) is 15.9 Å². The SMILES string of the molecule is CC(=O)Nc1ccc(N2CCN(S(=O)(=O)c3cccnc3)CC2)cc1. The molecule has 0 radical (unpaired) electrons. The van der Waals surface area contributed by atoms with E-state index in [-0.39, 0.29) is 10.8 Å². The number of nitrogens with one attached hydrogen (secondary N) is 1. The monoisotopic (exact) mass is 360 g/mol. The van der Waals surface area contributed by atoms with Crippen molar-refractivity contribution in [1.82, 2.24) is 9.29 Å². The van der Waals surface area contributed by atoms with Crippen LogP contribution in [0.15, 0.2) is 53.7 Å². The summed E-state index contributed by atoms with van der Waals surface area (Å²) >= 11 is 0. The number of hydrogen-bond donors (Lipinski definition) is 1. The molecule has 1 saturated heterocycles. The van der Waals surface area contributed by atoms with Gasteiger partial charge in [-0.15, -0.1) is 0 Å². The molecule has 7 nitrogen and oxygen atoms in total. The molecule has 0 atom stereocenters. The highest BCUT2D eigenvalue weighted by molar-refractivity contribution is 7.89. The summed E-state index contributed by atoms with van der Waals surface area (Å²) in [4.78, 5) is 17.3. The molecule has 1 aromatic heterocycles. The van der Waals surface area contributed by atoms with Crippen molar-refractivity contribution >= 4 is 27.3 Å². The first-order chi connectivity index (χ1) is 12.0. The second-order valence-corrected chi connectivity index (χ2v) is 7.75. The zero-order chi connectivity index (χ0) is 17.9. The number of aromatic nitrogens is 1. The second kappa shape index (κ2) is 7.20. The van der Waals surface area contributed by atoms with Crippen LogP contribution in [0.2, 0.25) is 0 Å². The van der Waals surface area contributed by atoms with Gasteiger partial charge in [-0.05, 0) is 36.4 Å². The lowest BCUT2D eigenvalue weighted by molar-refractivity contribution is -0.114. The van der Waals surface area contributed by atoms with E-state index in [0.717, 1.165) is 11.4 Å². The van der Waals surface area contributed by atoms with Crippen molar-refractivity contribution in [2.24, 2.45) is 0 Å². The summed E-state index contributed by atoms with van der Waals surface area (Å²) in [7, 11) is -3.49. The number of piperazine rings is 1. The summed E-state index contributed by atoms with van der Waals surface area (Å²) in [6.07, 6.45) is 2.93. The van der Waals surface area contributed by atoms with E-state index in [9.17, 15) is 13.2 Å². The molecule has 1 aromatic carbocycles. The van der Waals surface area contributed by atoms with Crippen LogP contribution in [0.3, 0.4) is 0 Å². The Morgan fingerprint density at radius 3 is 2.32 bits per heavy atom. The molecule has 3 rings (SSSR count). The molecule has 132 valence electrons. The minimum atomic E-state index is -3.49. The molecular weight excluding hydrogens is 340 g/mol. The molecular formula is C17H20N4O3S. The Kier molecular flexibility index (Phi) is 5.00. The maximum atomic E-state index is 12.6. The third-order valence-electron chi connectivity index (χ3n) is 4.06. The van der Waals surface area contributed by atoms with E-state index in [4.69, 9.17) is 0 Å². The van der Waals surface area contributed by atoms with E-state index in [0.29, 0.717) is 26.2 Å². The van der Waals surface area contributed by atoms with E-state index < -0.39 is 10.0 Å². The zero-order valence-corrected chi connectivity index (χ0v) is 14.7. The van der Waals surface area contributed by atoms with Gasteiger partial charge in [-0.1, -0.05) is 0 Å². The Morgan fingerprint density at radius 1 is 1.08 bits per heavy atom. The van der Waals surface area contributed by atoms with Gasteiger partial charge in [-0.2, -0.15) is 4.31 Å². The lowest BCUT2D eigenvalue weighted by Crippen LogP contribution is -2.48. The fourth-order valence-electron chi connectivity index (χ4n) is 2.79. The number of benzene rings is 1. The average Bonchev–Trinajstić information content (AvgIpc) is 2.63. The molecule has 1 aliphatic rings. The minimum absolute atomic E-state index is 0.109. The average molecular weight is 360 g/mol. The number of pyridine rings is 1. The molecule has 0 aliphatic carbocycles. The van der Waals surface area contributed by atoms with Gasteiger partial charge in [0.15, 0.2) is 0 Å². The molecule has 0 unspecified atom stereocenters. The normalized spacial score (nSPS) is 15.8. The number of hydrogen-bond acceptors (Lipinski definition) is 5. The van der Waals surface area contributed by atoms with Crippen molar-refractivity contribution in [3.8, 4) is 0 Å². The largest absolute Gasteiger partial charge is 0.369 e. The van der Waals surface area contributed by atoms with Crippen LogP contribution in [-0.2, 0) is 14.8 Å². The predicted molar refractivity (Wildman–Crippen MR) is 96.0 cm³/mol. The standard InChI is InChI=1S/C17H20N4O3S/c1-14(22)19-15-4-6-16(7-5-15)20-9-11-21(12-10-20)25(23,24)17-3-2-8-18-13-17/h2-8,13H,9-12H2,1H3,(H,19,22). The van der Waals surface area contributed by atoms with Gasteiger partial charge < -0.3 is 10.2 Å².